The lowest BCUT2D eigenvalue weighted by Crippen LogP contribution is -2.15. The molecule has 0 aliphatic carbocycles. The molecule has 1 amide bonds. The van der Waals surface area contributed by atoms with E-state index in [4.69, 9.17) is 16.7 Å². The van der Waals surface area contributed by atoms with Crippen LogP contribution in [-0.4, -0.2) is 27.7 Å². The number of aromatic carboxylic acids is 1. The summed E-state index contributed by atoms with van der Waals surface area (Å²) in [6, 6.07) is 7.74. The molecule has 0 spiro atoms. The van der Waals surface area contributed by atoms with Crippen molar-refractivity contribution in [2.45, 2.75) is 6.42 Å². The number of benzene rings is 1. The summed E-state index contributed by atoms with van der Waals surface area (Å²) in [5.74, 6) is -1.33. The number of amides is 1. The van der Waals surface area contributed by atoms with Crippen molar-refractivity contribution in [1.82, 2.24) is 4.98 Å². The van der Waals surface area contributed by atoms with Crippen LogP contribution in [0.1, 0.15) is 22.3 Å². The Morgan fingerprint density at radius 1 is 1.27 bits per heavy atom. The molecule has 2 aromatic rings. The van der Waals surface area contributed by atoms with Crippen molar-refractivity contribution < 1.29 is 14.7 Å². The van der Waals surface area contributed by atoms with E-state index in [1.807, 2.05) is 0 Å². The number of rotatable bonds is 2. The number of nitrogens with zero attached hydrogens (tertiary/aromatic N) is 2. The van der Waals surface area contributed by atoms with Crippen LogP contribution in [0.25, 0.3) is 0 Å². The topological polar surface area (TPSA) is 91.7 Å². The minimum Gasteiger partial charge on any atom is -0.478 e. The maximum absolute atomic E-state index is 12.0. The van der Waals surface area contributed by atoms with Crippen molar-refractivity contribution >= 4 is 40.6 Å². The minimum atomic E-state index is -1.06. The fourth-order valence-electron chi connectivity index (χ4n) is 2.15. The van der Waals surface area contributed by atoms with Crippen molar-refractivity contribution in [3.05, 3.63) is 52.8 Å². The number of carboxylic acid groups (broad SMARTS) is 1. The predicted octanol–water partition coefficient (Wildman–Crippen LogP) is 2.90. The highest BCUT2D eigenvalue weighted by molar-refractivity contribution is 6.30. The van der Waals surface area contributed by atoms with Crippen LogP contribution in [0.5, 0.6) is 0 Å². The summed E-state index contributed by atoms with van der Waals surface area (Å²) in [7, 11) is 0. The second-order valence-corrected chi connectivity index (χ2v) is 5.08. The Labute approximate surface area is 130 Å². The van der Waals surface area contributed by atoms with Gasteiger partial charge in [0.2, 0.25) is 5.91 Å². The van der Waals surface area contributed by atoms with Gasteiger partial charge in [-0.3, -0.25) is 9.79 Å². The first-order valence-corrected chi connectivity index (χ1v) is 6.77. The summed E-state index contributed by atoms with van der Waals surface area (Å²) in [5, 5.41) is 12.0. The minimum absolute atomic E-state index is 0.0669. The zero-order valence-corrected chi connectivity index (χ0v) is 12.0. The number of hydrogen-bond acceptors (Lipinski definition) is 4. The highest BCUT2D eigenvalue weighted by Crippen LogP contribution is 2.30. The van der Waals surface area contributed by atoms with E-state index < -0.39 is 5.97 Å². The summed E-state index contributed by atoms with van der Waals surface area (Å²) < 4.78 is 0. The molecule has 1 aromatic heterocycles. The van der Waals surface area contributed by atoms with Crippen molar-refractivity contribution in [2.75, 3.05) is 5.32 Å². The van der Waals surface area contributed by atoms with Gasteiger partial charge in [-0.05, 0) is 30.3 Å². The van der Waals surface area contributed by atoms with Gasteiger partial charge in [0.05, 0.1) is 29.1 Å². The molecule has 1 aromatic carbocycles. The number of fused-ring (bicyclic) bond motifs is 1. The molecule has 110 valence electrons. The monoisotopic (exact) mass is 315 g/mol. The first-order valence-electron chi connectivity index (χ1n) is 6.39. The summed E-state index contributed by atoms with van der Waals surface area (Å²) in [5.41, 5.74) is 2.21. The van der Waals surface area contributed by atoms with Gasteiger partial charge in [-0.25, -0.2) is 9.78 Å². The van der Waals surface area contributed by atoms with E-state index in [-0.39, 0.29) is 17.9 Å². The van der Waals surface area contributed by atoms with Crippen molar-refractivity contribution in [3.63, 3.8) is 0 Å². The molecule has 22 heavy (non-hydrogen) atoms. The quantitative estimate of drug-likeness (QED) is 0.833. The van der Waals surface area contributed by atoms with Gasteiger partial charge in [-0.15, -0.1) is 0 Å². The van der Waals surface area contributed by atoms with E-state index in [9.17, 15) is 9.59 Å². The summed E-state index contributed by atoms with van der Waals surface area (Å²) in [4.78, 5) is 31.4. The second kappa shape index (κ2) is 5.57. The van der Waals surface area contributed by atoms with Crippen LogP contribution in [0, 0.1) is 0 Å². The molecule has 1 aliphatic rings. The Morgan fingerprint density at radius 2 is 2.09 bits per heavy atom. The van der Waals surface area contributed by atoms with Crippen molar-refractivity contribution in [3.8, 4) is 0 Å². The predicted molar refractivity (Wildman–Crippen MR) is 82.1 cm³/mol. The standard InChI is InChI=1S/C15H10ClN3O3/c16-13-6-8(3-4-17-13)11-7-14(20)19-12-5-9(15(21)22)1-2-10(12)18-11/h1-6H,7H2,(H,19,20)(H,21,22). The first kappa shape index (κ1) is 14.2. The normalized spacial score (nSPS) is 13.7. The lowest BCUT2D eigenvalue weighted by Gasteiger charge is -2.05. The molecule has 0 fully saturated rings. The molecule has 2 N–H and O–H groups in total. The molecule has 2 heterocycles. The van der Waals surface area contributed by atoms with E-state index in [0.29, 0.717) is 27.8 Å². The Balaban J connectivity index is 2.10. The van der Waals surface area contributed by atoms with E-state index in [1.54, 1.807) is 18.2 Å². The van der Waals surface area contributed by atoms with Gasteiger partial charge in [0.25, 0.3) is 0 Å². The summed E-state index contributed by atoms with van der Waals surface area (Å²) in [6.07, 6.45) is 1.61. The lowest BCUT2D eigenvalue weighted by atomic mass is 10.1. The first-order chi connectivity index (χ1) is 10.5. The number of nitrogens with one attached hydrogen (secondary N) is 1. The SMILES string of the molecule is O=C1CC(c2ccnc(Cl)c2)=Nc2ccc(C(=O)O)cc2N1. The number of hydrogen-bond donors (Lipinski definition) is 2. The Hall–Kier alpha value is -2.73. The molecule has 0 saturated carbocycles. The largest absolute Gasteiger partial charge is 0.478 e. The van der Waals surface area contributed by atoms with Gasteiger partial charge in [-0.1, -0.05) is 11.6 Å². The average molecular weight is 316 g/mol. The maximum atomic E-state index is 12.0. The smallest absolute Gasteiger partial charge is 0.335 e. The number of carbonyl (C=O) groups excluding carboxylic acids is 1. The molecule has 0 saturated heterocycles. The molecular formula is C15H10ClN3O3. The number of aromatic nitrogens is 1. The molecular weight excluding hydrogens is 306 g/mol. The van der Waals surface area contributed by atoms with Gasteiger partial charge in [-0.2, -0.15) is 0 Å². The van der Waals surface area contributed by atoms with Gasteiger partial charge < -0.3 is 10.4 Å². The molecule has 7 heteroatoms. The van der Waals surface area contributed by atoms with Crippen LogP contribution >= 0.6 is 11.6 Å². The van der Waals surface area contributed by atoms with Crippen molar-refractivity contribution in [2.24, 2.45) is 4.99 Å². The maximum Gasteiger partial charge on any atom is 0.335 e. The van der Waals surface area contributed by atoms with Gasteiger partial charge >= 0.3 is 5.97 Å². The van der Waals surface area contributed by atoms with Crippen LogP contribution in [0.2, 0.25) is 5.15 Å². The number of carboxylic acids is 1. The third kappa shape index (κ3) is 2.82. The molecule has 1 aliphatic heterocycles. The third-order valence-electron chi connectivity index (χ3n) is 3.16. The molecule has 0 bridgehead atoms. The van der Waals surface area contributed by atoms with Crippen LogP contribution in [-0.2, 0) is 4.79 Å². The van der Waals surface area contributed by atoms with E-state index >= 15 is 0 Å². The molecule has 6 nitrogen and oxygen atoms in total. The lowest BCUT2D eigenvalue weighted by molar-refractivity contribution is -0.115. The van der Waals surface area contributed by atoms with Crippen molar-refractivity contribution in [1.29, 1.82) is 0 Å². The third-order valence-corrected chi connectivity index (χ3v) is 3.37. The zero-order chi connectivity index (χ0) is 15.7. The highest BCUT2D eigenvalue weighted by atomic mass is 35.5. The number of halogens is 1. The molecule has 0 unspecified atom stereocenters. The molecule has 0 atom stereocenters. The fourth-order valence-corrected chi connectivity index (χ4v) is 2.32. The highest BCUT2D eigenvalue weighted by Gasteiger charge is 2.18. The zero-order valence-electron chi connectivity index (χ0n) is 11.2. The van der Waals surface area contributed by atoms with E-state index in [1.165, 1.54) is 18.3 Å². The van der Waals surface area contributed by atoms with E-state index in [0.717, 1.165) is 0 Å². The average Bonchev–Trinajstić information content (AvgIpc) is 2.64. The van der Waals surface area contributed by atoms with Gasteiger partial charge in [0, 0.05) is 11.8 Å². The fraction of sp³-hybridized carbons (Fsp3) is 0.0667. The van der Waals surface area contributed by atoms with Gasteiger partial charge in [0.1, 0.15) is 5.15 Å². The number of carbonyl (C=O) groups is 2. The second-order valence-electron chi connectivity index (χ2n) is 4.69. The van der Waals surface area contributed by atoms with Crippen LogP contribution in [0.4, 0.5) is 11.4 Å². The molecule has 3 rings (SSSR count). The Bertz CT molecular complexity index is 817. The summed E-state index contributed by atoms with van der Waals surface area (Å²) in [6.45, 7) is 0. The van der Waals surface area contributed by atoms with Crippen LogP contribution in [0.15, 0.2) is 41.5 Å². The Kier molecular flexibility index (Phi) is 3.60. The van der Waals surface area contributed by atoms with Crippen LogP contribution in [0.3, 0.4) is 0 Å². The number of pyridine rings is 1. The van der Waals surface area contributed by atoms with E-state index in [2.05, 4.69) is 15.3 Å². The van der Waals surface area contributed by atoms with Crippen LogP contribution < -0.4 is 5.32 Å². The Morgan fingerprint density at radius 3 is 2.82 bits per heavy atom. The van der Waals surface area contributed by atoms with Gasteiger partial charge in [0.15, 0.2) is 0 Å². The number of aliphatic imine (C=N–C) groups is 1. The molecule has 0 radical (unpaired) electrons. The number of anilines is 1. The summed E-state index contributed by atoms with van der Waals surface area (Å²) >= 11 is 5.87.